The highest BCUT2D eigenvalue weighted by molar-refractivity contribution is 5.97. The van der Waals surface area contributed by atoms with Gasteiger partial charge in [0, 0.05) is 30.7 Å². The minimum atomic E-state index is -5.04. The molecular weight excluding hydrogens is 601 g/mol. The first-order valence-corrected chi connectivity index (χ1v) is 15.1. The fourth-order valence-corrected chi connectivity index (χ4v) is 7.02. The van der Waals surface area contributed by atoms with Gasteiger partial charge in [0.2, 0.25) is 5.88 Å². The zero-order valence-electron chi connectivity index (χ0n) is 25.2. The van der Waals surface area contributed by atoms with Crippen LogP contribution in [0.4, 0.5) is 33.5 Å². The molecule has 7 rings (SSSR count). The van der Waals surface area contributed by atoms with E-state index in [1.807, 2.05) is 25.8 Å². The van der Waals surface area contributed by atoms with E-state index in [-0.39, 0.29) is 53.6 Å². The quantitative estimate of drug-likeness (QED) is 0.315. The number of likely N-dealkylation sites (tertiary alicyclic amines) is 1. The number of pyridine rings is 1. The lowest BCUT2D eigenvalue weighted by Crippen LogP contribution is -2.60. The number of nitrogens with zero attached hydrogens (tertiary/aromatic N) is 5. The minimum Gasteiger partial charge on any atom is -0.472 e. The molecule has 4 aliphatic rings. The molecule has 1 aromatic carbocycles. The van der Waals surface area contributed by atoms with Crippen LogP contribution in [0.15, 0.2) is 6.07 Å². The third-order valence-electron chi connectivity index (χ3n) is 9.73. The lowest BCUT2D eigenvalue weighted by Gasteiger charge is -2.42. The molecule has 3 fully saturated rings. The van der Waals surface area contributed by atoms with Crippen LogP contribution >= 0.6 is 0 Å². The molecule has 45 heavy (non-hydrogen) atoms. The van der Waals surface area contributed by atoms with Crippen LogP contribution in [0.25, 0.3) is 22.2 Å². The van der Waals surface area contributed by atoms with Crippen molar-refractivity contribution in [2.45, 2.75) is 76.2 Å². The van der Waals surface area contributed by atoms with Crippen molar-refractivity contribution in [3.63, 3.8) is 0 Å². The van der Waals surface area contributed by atoms with Gasteiger partial charge in [0.05, 0.1) is 36.0 Å². The number of hydrogen-bond acceptors (Lipinski definition) is 10. The summed E-state index contributed by atoms with van der Waals surface area (Å²) in [6, 6.07) is 0.772. The Labute approximate surface area is 256 Å². The van der Waals surface area contributed by atoms with Crippen molar-refractivity contribution < 1.29 is 36.2 Å². The van der Waals surface area contributed by atoms with Gasteiger partial charge in [-0.3, -0.25) is 4.90 Å². The number of nitrogens with one attached hydrogen (secondary N) is 1. The van der Waals surface area contributed by atoms with Gasteiger partial charge >= 0.3 is 12.2 Å². The highest BCUT2D eigenvalue weighted by atomic mass is 19.4. The van der Waals surface area contributed by atoms with E-state index >= 15 is 4.39 Å². The number of aromatic nitrogens is 3. The number of likely N-dealkylation sites (N-methyl/N-ethyl adjacent to an activating group) is 1. The monoisotopic (exact) mass is 635 g/mol. The number of nitrogen functional groups attached to an aromatic ring is 1. The lowest BCUT2D eigenvalue weighted by atomic mass is 9.96. The number of halogens is 5. The average molecular weight is 636 g/mol. The topological polar surface area (TPSA) is 111 Å². The van der Waals surface area contributed by atoms with E-state index < -0.39 is 52.0 Å². The Morgan fingerprint density at radius 2 is 1.93 bits per heavy atom. The molecular formula is C30H34F5N7O3. The maximum absolute atomic E-state index is 16.7. The average Bonchev–Trinajstić information content (AvgIpc) is 3.12. The molecule has 0 amide bonds. The molecule has 0 radical (unpaired) electrons. The van der Waals surface area contributed by atoms with Gasteiger partial charge in [-0.15, -0.1) is 0 Å². The fraction of sp³-hybridized carbons (Fsp3) is 0.567. The van der Waals surface area contributed by atoms with Gasteiger partial charge in [0.15, 0.2) is 5.82 Å². The second-order valence-electron chi connectivity index (χ2n) is 12.3. The third-order valence-corrected chi connectivity index (χ3v) is 9.73. The van der Waals surface area contributed by atoms with E-state index in [4.69, 9.17) is 24.9 Å². The SMILES string of the molecule is CC[C@@H]1CN2c3nc(OC[C@H]4C[C@H]5OCC5N4C)nc4c(F)c(-c5cc(N)c(F)c(C)c5C(F)(F)F)nc(c34)O[C@@H](C)[C@@H]2CN1. The summed E-state index contributed by atoms with van der Waals surface area (Å²) in [5.74, 6) is -2.19. The summed E-state index contributed by atoms with van der Waals surface area (Å²) in [4.78, 5) is 17.6. The number of nitrogens with two attached hydrogens (primary N) is 1. The number of anilines is 2. The molecule has 6 atom stereocenters. The van der Waals surface area contributed by atoms with Crippen molar-refractivity contribution in [2.24, 2.45) is 0 Å². The number of rotatable bonds is 5. The van der Waals surface area contributed by atoms with Gasteiger partial charge < -0.3 is 30.2 Å². The maximum Gasteiger partial charge on any atom is 0.417 e. The van der Waals surface area contributed by atoms with Crippen molar-refractivity contribution in [2.75, 3.05) is 44.0 Å². The second kappa shape index (κ2) is 10.8. The number of alkyl halides is 3. The molecule has 10 nitrogen and oxygen atoms in total. The van der Waals surface area contributed by atoms with Crippen LogP contribution < -0.4 is 25.4 Å². The Bertz CT molecular complexity index is 1670. The van der Waals surface area contributed by atoms with Crippen LogP contribution in [0.1, 0.15) is 37.8 Å². The summed E-state index contributed by atoms with van der Waals surface area (Å²) < 4.78 is 92.3. The van der Waals surface area contributed by atoms with Gasteiger partial charge in [-0.1, -0.05) is 6.92 Å². The van der Waals surface area contributed by atoms with Gasteiger partial charge in [-0.2, -0.15) is 23.1 Å². The largest absolute Gasteiger partial charge is 0.472 e. The van der Waals surface area contributed by atoms with Crippen LogP contribution in [0.3, 0.4) is 0 Å². The van der Waals surface area contributed by atoms with Crippen LogP contribution in [0.2, 0.25) is 0 Å². The molecule has 4 aliphatic heterocycles. The number of ether oxygens (including phenoxy) is 3. The van der Waals surface area contributed by atoms with Gasteiger partial charge in [0.1, 0.15) is 40.9 Å². The molecule has 3 aromatic rings. The van der Waals surface area contributed by atoms with Crippen molar-refractivity contribution in [3.05, 3.63) is 28.8 Å². The maximum atomic E-state index is 16.7. The van der Waals surface area contributed by atoms with Crippen LogP contribution in [0, 0.1) is 18.6 Å². The first kappa shape index (κ1) is 30.1. The first-order valence-electron chi connectivity index (χ1n) is 15.1. The Hall–Kier alpha value is -3.56. The van der Waals surface area contributed by atoms with Crippen LogP contribution in [-0.2, 0) is 10.9 Å². The lowest BCUT2D eigenvalue weighted by molar-refractivity contribution is -0.137. The Morgan fingerprint density at radius 1 is 1.16 bits per heavy atom. The van der Waals surface area contributed by atoms with E-state index in [0.29, 0.717) is 31.6 Å². The molecule has 6 heterocycles. The van der Waals surface area contributed by atoms with Crippen LogP contribution in [-0.4, -0.2) is 89.6 Å². The minimum absolute atomic E-state index is 0.00797. The van der Waals surface area contributed by atoms with Gasteiger partial charge in [-0.25, -0.2) is 13.8 Å². The normalized spacial score (nSPS) is 27.9. The van der Waals surface area contributed by atoms with Gasteiger partial charge in [0.25, 0.3) is 0 Å². The predicted octanol–water partition coefficient (Wildman–Crippen LogP) is 4.07. The van der Waals surface area contributed by atoms with E-state index in [2.05, 4.69) is 20.2 Å². The number of hydrogen-bond donors (Lipinski definition) is 2. The molecule has 0 saturated carbocycles. The van der Waals surface area contributed by atoms with E-state index in [1.165, 1.54) is 0 Å². The highest BCUT2D eigenvalue weighted by Crippen LogP contribution is 2.46. The summed E-state index contributed by atoms with van der Waals surface area (Å²) in [5, 5.41) is 3.61. The molecule has 242 valence electrons. The molecule has 15 heteroatoms. The summed E-state index contributed by atoms with van der Waals surface area (Å²) >= 11 is 0. The van der Waals surface area contributed by atoms with Gasteiger partial charge in [-0.05, 0) is 45.4 Å². The summed E-state index contributed by atoms with van der Waals surface area (Å²) in [6.45, 7) is 6.69. The fourth-order valence-electron chi connectivity index (χ4n) is 7.02. The predicted molar refractivity (Wildman–Crippen MR) is 155 cm³/mol. The number of benzene rings is 1. The van der Waals surface area contributed by atoms with Crippen molar-refractivity contribution >= 4 is 22.4 Å². The van der Waals surface area contributed by atoms with Crippen molar-refractivity contribution in [3.8, 4) is 23.1 Å². The number of fused-ring (bicyclic) bond motifs is 3. The Balaban J connectivity index is 1.42. The molecule has 2 aromatic heterocycles. The zero-order valence-corrected chi connectivity index (χ0v) is 25.2. The summed E-state index contributed by atoms with van der Waals surface area (Å²) in [7, 11) is 1.99. The summed E-state index contributed by atoms with van der Waals surface area (Å²) in [6.07, 6.45) is -3.86. The number of piperazine rings is 1. The van der Waals surface area contributed by atoms with E-state index in [9.17, 15) is 17.6 Å². The van der Waals surface area contributed by atoms with E-state index in [0.717, 1.165) is 25.8 Å². The highest BCUT2D eigenvalue weighted by Gasteiger charge is 2.46. The molecule has 3 N–H and O–H groups in total. The zero-order chi connectivity index (χ0) is 31.9. The second-order valence-corrected chi connectivity index (χ2v) is 12.3. The molecule has 1 unspecified atom stereocenters. The van der Waals surface area contributed by atoms with Crippen molar-refractivity contribution in [1.29, 1.82) is 0 Å². The van der Waals surface area contributed by atoms with Crippen LogP contribution in [0.5, 0.6) is 11.9 Å². The smallest absolute Gasteiger partial charge is 0.417 e. The Morgan fingerprint density at radius 3 is 2.58 bits per heavy atom. The molecule has 0 spiro atoms. The van der Waals surface area contributed by atoms with Crippen molar-refractivity contribution in [1.82, 2.24) is 25.2 Å². The molecule has 0 bridgehead atoms. The molecule has 0 aliphatic carbocycles. The van der Waals surface area contributed by atoms with E-state index in [1.54, 1.807) is 0 Å². The molecule has 3 saturated heterocycles. The standard InChI is InChI=1S/C30H34F5N7O3/c1-5-14-9-42-18(8-37-14)13(3)45-28-21-26(39-29(40-27(21)42)44-10-15-6-20-19(11-43-20)41(15)4)24(32)25(38-28)16-7-17(36)23(31)12(2)22(16)30(33,34)35/h7,13-15,18-20,37H,5-6,8-11,36H2,1-4H3/t13-,14+,15+,18-,19?,20+/m0/s1. The Kier molecular flexibility index (Phi) is 7.20. The summed E-state index contributed by atoms with van der Waals surface area (Å²) in [5.41, 5.74) is 1.29. The first-order chi connectivity index (χ1) is 21.4. The third kappa shape index (κ3) is 4.81.